The highest BCUT2D eigenvalue weighted by Gasteiger charge is 2.21. The van der Waals surface area contributed by atoms with Gasteiger partial charge in [-0.05, 0) is 0 Å². The Kier molecular flexibility index (Phi) is 3.10. The van der Waals surface area contributed by atoms with Crippen molar-refractivity contribution in [2.75, 3.05) is 31.1 Å². The third-order valence-electron chi connectivity index (χ3n) is 1.95. The van der Waals surface area contributed by atoms with Gasteiger partial charge in [0.1, 0.15) is 0 Å². The van der Waals surface area contributed by atoms with Crippen LogP contribution in [0.2, 0.25) is 0 Å². The molecule has 0 amide bonds. The van der Waals surface area contributed by atoms with Gasteiger partial charge in [-0.25, -0.2) is 8.42 Å². The highest BCUT2D eigenvalue weighted by Crippen LogP contribution is 2.02. The van der Waals surface area contributed by atoms with Crippen molar-refractivity contribution >= 4 is 15.7 Å². The standard InChI is InChI=1S/C6H13N3O3S/c7-6(8-10)5-9-1-3-13(11,12)4-2-9/h10H,1-5H2,(H2,7,8). The monoisotopic (exact) mass is 207 g/mol. The van der Waals surface area contributed by atoms with Crippen molar-refractivity contribution < 1.29 is 13.6 Å². The van der Waals surface area contributed by atoms with Crippen molar-refractivity contribution in [2.45, 2.75) is 0 Å². The molecule has 0 aromatic heterocycles. The van der Waals surface area contributed by atoms with Crippen molar-refractivity contribution in [3.63, 3.8) is 0 Å². The third-order valence-corrected chi connectivity index (χ3v) is 3.56. The molecular weight excluding hydrogens is 194 g/mol. The maximum atomic E-state index is 11.0. The Morgan fingerprint density at radius 2 is 2.00 bits per heavy atom. The molecule has 1 aliphatic heterocycles. The van der Waals surface area contributed by atoms with Crippen LogP contribution in [0.25, 0.3) is 0 Å². The van der Waals surface area contributed by atoms with Crippen LogP contribution in [-0.4, -0.2) is 55.5 Å². The SMILES string of the molecule is N/C(CN1CCS(=O)(=O)CC1)=N\O. The first-order valence-corrected chi connectivity index (χ1v) is 5.75. The normalized spacial score (nSPS) is 24.5. The summed E-state index contributed by atoms with van der Waals surface area (Å²) in [4.78, 5) is 1.84. The van der Waals surface area contributed by atoms with Gasteiger partial charge in [-0.1, -0.05) is 5.16 Å². The second kappa shape index (κ2) is 3.93. The Bertz CT molecular complexity index is 284. The van der Waals surface area contributed by atoms with Crippen LogP contribution in [0.15, 0.2) is 5.16 Å². The van der Waals surface area contributed by atoms with Crippen molar-refractivity contribution in [3.8, 4) is 0 Å². The number of oxime groups is 1. The molecular formula is C6H13N3O3S. The van der Waals surface area contributed by atoms with E-state index in [0.29, 0.717) is 19.6 Å². The molecule has 1 fully saturated rings. The summed E-state index contributed by atoms with van der Waals surface area (Å²) in [6, 6.07) is 0. The van der Waals surface area contributed by atoms with E-state index in [4.69, 9.17) is 10.9 Å². The van der Waals surface area contributed by atoms with E-state index in [1.165, 1.54) is 0 Å². The van der Waals surface area contributed by atoms with E-state index >= 15 is 0 Å². The summed E-state index contributed by atoms with van der Waals surface area (Å²) in [5, 5.41) is 11.1. The highest BCUT2D eigenvalue weighted by atomic mass is 32.2. The first-order chi connectivity index (χ1) is 6.03. The fraction of sp³-hybridized carbons (Fsp3) is 0.833. The zero-order valence-corrected chi connectivity index (χ0v) is 8.00. The quantitative estimate of drug-likeness (QED) is 0.248. The van der Waals surface area contributed by atoms with E-state index < -0.39 is 9.84 Å². The number of hydrogen-bond acceptors (Lipinski definition) is 5. The summed E-state index contributed by atoms with van der Waals surface area (Å²) in [6.07, 6.45) is 0. The average Bonchev–Trinajstić information content (AvgIpc) is 2.08. The Balaban J connectivity index is 2.42. The summed E-state index contributed by atoms with van der Waals surface area (Å²) in [5.41, 5.74) is 5.28. The van der Waals surface area contributed by atoms with Gasteiger partial charge in [0.05, 0.1) is 18.1 Å². The van der Waals surface area contributed by atoms with Gasteiger partial charge in [0.25, 0.3) is 0 Å². The van der Waals surface area contributed by atoms with E-state index in [9.17, 15) is 8.42 Å². The van der Waals surface area contributed by atoms with Gasteiger partial charge in [-0.2, -0.15) is 0 Å². The maximum absolute atomic E-state index is 11.0. The minimum atomic E-state index is -2.84. The molecule has 6 nitrogen and oxygen atoms in total. The molecule has 0 aromatic carbocycles. The molecule has 1 rings (SSSR count). The molecule has 7 heteroatoms. The lowest BCUT2D eigenvalue weighted by molar-refractivity contribution is 0.301. The van der Waals surface area contributed by atoms with E-state index in [2.05, 4.69) is 5.16 Å². The van der Waals surface area contributed by atoms with Crippen LogP contribution >= 0.6 is 0 Å². The van der Waals surface area contributed by atoms with Crippen molar-refractivity contribution in [3.05, 3.63) is 0 Å². The second-order valence-corrected chi connectivity index (χ2v) is 5.32. The van der Waals surface area contributed by atoms with Crippen molar-refractivity contribution in [1.29, 1.82) is 0 Å². The van der Waals surface area contributed by atoms with Crippen molar-refractivity contribution in [2.24, 2.45) is 10.9 Å². The minimum Gasteiger partial charge on any atom is -0.409 e. The first kappa shape index (κ1) is 10.3. The number of hydrogen-bond donors (Lipinski definition) is 2. The van der Waals surface area contributed by atoms with Gasteiger partial charge in [0, 0.05) is 13.1 Å². The van der Waals surface area contributed by atoms with Crippen LogP contribution in [-0.2, 0) is 9.84 Å². The van der Waals surface area contributed by atoms with Gasteiger partial charge in [-0.15, -0.1) is 0 Å². The maximum Gasteiger partial charge on any atom is 0.153 e. The van der Waals surface area contributed by atoms with E-state index in [1.54, 1.807) is 0 Å². The van der Waals surface area contributed by atoms with Crippen molar-refractivity contribution in [1.82, 2.24) is 4.90 Å². The summed E-state index contributed by atoms with van der Waals surface area (Å²) in [7, 11) is -2.84. The lowest BCUT2D eigenvalue weighted by Crippen LogP contribution is -2.44. The first-order valence-electron chi connectivity index (χ1n) is 3.93. The molecule has 1 heterocycles. The number of nitrogens with two attached hydrogens (primary N) is 1. The van der Waals surface area contributed by atoms with E-state index in [0.717, 1.165) is 0 Å². The number of amidine groups is 1. The smallest absolute Gasteiger partial charge is 0.153 e. The van der Waals surface area contributed by atoms with E-state index in [1.807, 2.05) is 4.90 Å². The van der Waals surface area contributed by atoms with Gasteiger partial charge in [-0.3, -0.25) is 4.90 Å². The molecule has 1 aliphatic rings. The highest BCUT2D eigenvalue weighted by molar-refractivity contribution is 7.91. The number of rotatable bonds is 2. The zero-order chi connectivity index (χ0) is 9.90. The molecule has 13 heavy (non-hydrogen) atoms. The summed E-state index contributed by atoms with van der Waals surface area (Å²) < 4.78 is 22.0. The molecule has 0 spiro atoms. The Hall–Kier alpha value is -0.820. The van der Waals surface area contributed by atoms with E-state index in [-0.39, 0.29) is 17.3 Å². The van der Waals surface area contributed by atoms with Gasteiger partial charge in [0.15, 0.2) is 15.7 Å². The fourth-order valence-electron chi connectivity index (χ4n) is 1.17. The molecule has 1 saturated heterocycles. The predicted octanol–water partition coefficient (Wildman–Crippen LogP) is -1.54. The largest absolute Gasteiger partial charge is 0.409 e. The number of nitrogens with zero attached hydrogens (tertiary/aromatic N) is 2. The molecule has 0 bridgehead atoms. The average molecular weight is 207 g/mol. The molecule has 0 saturated carbocycles. The lowest BCUT2D eigenvalue weighted by atomic mass is 10.4. The molecule has 0 aliphatic carbocycles. The lowest BCUT2D eigenvalue weighted by Gasteiger charge is -2.25. The number of sulfone groups is 1. The van der Waals surface area contributed by atoms with Gasteiger partial charge in [0.2, 0.25) is 0 Å². The molecule has 0 atom stereocenters. The molecule has 3 N–H and O–H groups in total. The van der Waals surface area contributed by atoms with Crippen LogP contribution in [0.1, 0.15) is 0 Å². The van der Waals surface area contributed by atoms with Gasteiger partial charge >= 0.3 is 0 Å². The Morgan fingerprint density at radius 3 is 2.46 bits per heavy atom. The summed E-state index contributed by atoms with van der Waals surface area (Å²) in [5.74, 6) is 0.427. The van der Waals surface area contributed by atoms with Crippen LogP contribution in [0.3, 0.4) is 0 Å². The molecule has 0 radical (unpaired) electrons. The second-order valence-electron chi connectivity index (χ2n) is 3.02. The van der Waals surface area contributed by atoms with Crippen LogP contribution in [0, 0.1) is 0 Å². The minimum absolute atomic E-state index is 0.110. The molecule has 76 valence electrons. The zero-order valence-electron chi connectivity index (χ0n) is 7.18. The third kappa shape index (κ3) is 3.19. The molecule has 0 aromatic rings. The van der Waals surface area contributed by atoms with Gasteiger partial charge < -0.3 is 10.9 Å². The molecule has 0 unspecified atom stereocenters. The fourth-order valence-corrected chi connectivity index (χ4v) is 2.45. The summed E-state index contributed by atoms with van der Waals surface area (Å²) >= 11 is 0. The van der Waals surface area contributed by atoms with Crippen LogP contribution in [0.5, 0.6) is 0 Å². The van der Waals surface area contributed by atoms with Crippen LogP contribution < -0.4 is 5.73 Å². The Morgan fingerprint density at radius 1 is 1.46 bits per heavy atom. The summed E-state index contributed by atoms with van der Waals surface area (Å²) in [6.45, 7) is 1.24. The van der Waals surface area contributed by atoms with Crippen LogP contribution in [0.4, 0.5) is 0 Å². The topological polar surface area (TPSA) is 96.0 Å². The predicted molar refractivity (Wildman–Crippen MR) is 48.5 cm³/mol. The Labute approximate surface area is 76.9 Å².